The van der Waals surface area contributed by atoms with Gasteiger partial charge in [-0.3, -0.25) is 14.3 Å². The summed E-state index contributed by atoms with van der Waals surface area (Å²) in [5.74, 6) is -0.403. The highest BCUT2D eigenvalue weighted by atomic mass is 19.1. The Morgan fingerprint density at radius 3 is 2.88 bits per heavy atom. The molecule has 0 radical (unpaired) electrons. The number of anilines is 1. The average molecular weight is 352 g/mol. The largest absolute Gasteiger partial charge is 0.484 e. The monoisotopic (exact) mass is 352 g/mol. The number of aromatic nitrogens is 2. The Kier molecular flexibility index (Phi) is 3.57. The molecule has 1 aromatic carbocycles. The van der Waals surface area contributed by atoms with Crippen molar-refractivity contribution in [2.24, 2.45) is 11.7 Å². The zero-order valence-corrected chi connectivity index (χ0v) is 13.6. The fourth-order valence-electron chi connectivity index (χ4n) is 3.69. The molecule has 25 heavy (non-hydrogen) atoms. The Labute approximate surface area is 141 Å². The second kappa shape index (κ2) is 5.55. The zero-order chi connectivity index (χ0) is 17.9. The molecule has 1 saturated heterocycles. The van der Waals surface area contributed by atoms with Gasteiger partial charge in [0.25, 0.3) is 5.56 Å². The predicted octanol–water partition coefficient (Wildman–Crippen LogP) is 0.863. The van der Waals surface area contributed by atoms with Gasteiger partial charge in [0.05, 0.1) is 5.39 Å². The molecule has 134 valence electrons. The van der Waals surface area contributed by atoms with E-state index in [1.54, 1.807) is 4.90 Å². The maximum absolute atomic E-state index is 14.8. The molecular formula is C16H18F2N4O3. The molecule has 9 heteroatoms. The molecule has 1 unspecified atom stereocenters. The Hall–Kier alpha value is -2.42. The number of alkyl halides is 1. The maximum Gasteiger partial charge on any atom is 0.331 e. The van der Waals surface area contributed by atoms with Crippen LogP contribution in [0.5, 0.6) is 5.75 Å². The van der Waals surface area contributed by atoms with Crippen LogP contribution in [0.2, 0.25) is 0 Å². The van der Waals surface area contributed by atoms with Gasteiger partial charge in [-0.25, -0.2) is 13.6 Å². The molecule has 3 atom stereocenters. The lowest BCUT2D eigenvalue weighted by Crippen LogP contribution is -2.37. The molecule has 2 aliphatic heterocycles. The third-order valence-corrected chi connectivity index (χ3v) is 5.04. The van der Waals surface area contributed by atoms with E-state index in [0.717, 1.165) is 17.1 Å². The summed E-state index contributed by atoms with van der Waals surface area (Å²) >= 11 is 0. The fourth-order valence-corrected chi connectivity index (χ4v) is 3.69. The maximum atomic E-state index is 14.8. The summed E-state index contributed by atoms with van der Waals surface area (Å²) in [4.78, 5) is 27.9. The number of nitrogens with one attached hydrogen (secondary N) is 1. The Morgan fingerprint density at radius 2 is 2.20 bits per heavy atom. The van der Waals surface area contributed by atoms with Gasteiger partial charge in [-0.05, 0) is 25.3 Å². The first-order valence-corrected chi connectivity index (χ1v) is 8.17. The van der Waals surface area contributed by atoms with Crippen molar-refractivity contribution in [2.75, 3.05) is 24.6 Å². The molecule has 4 rings (SSSR count). The van der Waals surface area contributed by atoms with Crippen LogP contribution in [0, 0.1) is 11.7 Å². The van der Waals surface area contributed by atoms with Crippen molar-refractivity contribution < 1.29 is 13.5 Å². The van der Waals surface area contributed by atoms with Gasteiger partial charge in [-0.2, -0.15) is 0 Å². The molecule has 0 bridgehead atoms. The summed E-state index contributed by atoms with van der Waals surface area (Å²) in [5.41, 5.74) is 4.44. The Bertz CT molecular complexity index is 968. The third kappa shape index (κ3) is 2.33. The van der Waals surface area contributed by atoms with E-state index in [1.165, 1.54) is 0 Å². The van der Waals surface area contributed by atoms with Crippen LogP contribution in [-0.4, -0.2) is 35.3 Å². The van der Waals surface area contributed by atoms with Crippen molar-refractivity contribution >= 4 is 16.6 Å². The molecule has 0 spiro atoms. The van der Waals surface area contributed by atoms with Crippen LogP contribution in [0.15, 0.2) is 15.7 Å². The molecule has 2 aromatic rings. The van der Waals surface area contributed by atoms with Gasteiger partial charge in [0.2, 0.25) is 6.30 Å². The van der Waals surface area contributed by atoms with Crippen molar-refractivity contribution in [3.8, 4) is 5.75 Å². The first-order chi connectivity index (χ1) is 11.9. The number of hydrogen-bond acceptors (Lipinski definition) is 5. The third-order valence-electron chi connectivity index (χ3n) is 5.04. The molecule has 0 saturated carbocycles. The topological polar surface area (TPSA) is 93.4 Å². The number of H-pyrrole nitrogens is 1. The van der Waals surface area contributed by atoms with E-state index in [-0.39, 0.29) is 34.3 Å². The molecule has 2 aliphatic rings. The average Bonchev–Trinajstić information content (AvgIpc) is 3.02. The SMILES string of the molecule is C[C@H](N)[C@H]1CCN(c2c(F)cc3c(=O)[nH]c(=O)n4c3c2OCC4F)C1. The Morgan fingerprint density at radius 1 is 1.44 bits per heavy atom. The minimum absolute atomic E-state index is 0.00635. The second-order valence-electron chi connectivity index (χ2n) is 6.66. The van der Waals surface area contributed by atoms with Gasteiger partial charge in [-0.1, -0.05) is 0 Å². The van der Waals surface area contributed by atoms with Crippen LogP contribution >= 0.6 is 0 Å². The van der Waals surface area contributed by atoms with Crippen molar-refractivity contribution in [2.45, 2.75) is 25.7 Å². The molecule has 0 amide bonds. The van der Waals surface area contributed by atoms with Crippen LogP contribution in [0.1, 0.15) is 19.6 Å². The van der Waals surface area contributed by atoms with E-state index in [2.05, 4.69) is 0 Å². The Balaban J connectivity index is 1.97. The van der Waals surface area contributed by atoms with Gasteiger partial charge in [-0.15, -0.1) is 0 Å². The number of ether oxygens (including phenoxy) is 1. The number of nitrogens with zero attached hydrogens (tertiary/aromatic N) is 2. The number of benzene rings is 1. The van der Waals surface area contributed by atoms with E-state index >= 15 is 0 Å². The first-order valence-electron chi connectivity index (χ1n) is 8.17. The van der Waals surface area contributed by atoms with Crippen LogP contribution in [0.4, 0.5) is 14.5 Å². The van der Waals surface area contributed by atoms with Crippen molar-refractivity contribution in [1.29, 1.82) is 0 Å². The van der Waals surface area contributed by atoms with Crippen LogP contribution < -0.4 is 26.6 Å². The number of halogens is 2. The molecule has 3 N–H and O–H groups in total. The number of aromatic amines is 1. The number of nitrogens with two attached hydrogens (primary N) is 1. The first kappa shape index (κ1) is 16.1. The van der Waals surface area contributed by atoms with Crippen LogP contribution in [0.3, 0.4) is 0 Å². The van der Waals surface area contributed by atoms with Crippen molar-refractivity contribution in [1.82, 2.24) is 9.55 Å². The minimum Gasteiger partial charge on any atom is -0.484 e. The standard InChI is InChI=1S/C16H18F2N4O3/c1-7(19)8-2-3-21(5-8)13-10(17)4-9-12-14(13)25-6-11(18)22(12)16(24)20-15(9)23/h4,7-8,11H,2-3,5-6,19H2,1H3,(H,20,23,24)/t7-,8-,11?/m0/s1. The van der Waals surface area contributed by atoms with Crippen molar-refractivity contribution in [3.05, 3.63) is 32.7 Å². The summed E-state index contributed by atoms with van der Waals surface area (Å²) in [6.07, 6.45) is -0.948. The summed E-state index contributed by atoms with van der Waals surface area (Å²) in [5, 5.41) is -0.110. The minimum atomic E-state index is -1.74. The summed E-state index contributed by atoms with van der Waals surface area (Å²) in [6.45, 7) is 2.58. The van der Waals surface area contributed by atoms with E-state index in [4.69, 9.17) is 10.5 Å². The predicted molar refractivity (Wildman–Crippen MR) is 88.4 cm³/mol. The molecule has 1 aromatic heterocycles. The highest BCUT2D eigenvalue weighted by Crippen LogP contribution is 2.42. The van der Waals surface area contributed by atoms with E-state index < -0.39 is 30.0 Å². The molecular weight excluding hydrogens is 334 g/mol. The van der Waals surface area contributed by atoms with Crippen molar-refractivity contribution in [3.63, 3.8) is 0 Å². The van der Waals surface area contributed by atoms with E-state index in [0.29, 0.717) is 13.1 Å². The molecule has 7 nitrogen and oxygen atoms in total. The molecule has 3 heterocycles. The summed E-state index contributed by atoms with van der Waals surface area (Å²) in [7, 11) is 0. The van der Waals surface area contributed by atoms with Gasteiger partial charge in [0, 0.05) is 19.1 Å². The lowest BCUT2D eigenvalue weighted by Gasteiger charge is -2.29. The molecule has 1 fully saturated rings. The number of rotatable bonds is 2. The van der Waals surface area contributed by atoms with Crippen LogP contribution in [0.25, 0.3) is 10.9 Å². The summed E-state index contributed by atoms with van der Waals surface area (Å²) < 4.78 is 35.2. The smallest absolute Gasteiger partial charge is 0.331 e. The zero-order valence-electron chi connectivity index (χ0n) is 13.6. The lowest BCUT2D eigenvalue weighted by molar-refractivity contribution is 0.125. The fraction of sp³-hybridized carbons (Fsp3) is 0.500. The lowest BCUT2D eigenvalue weighted by atomic mass is 10.0. The normalized spacial score (nSPS) is 23.8. The summed E-state index contributed by atoms with van der Waals surface area (Å²) in [6, 6.07) is 0.992. The van der Waals surface area contributed by atoms with Gasteiger partial charge < -0.3 is 15.4 Å². The highest BCUT2D eigenvalue weighted by molar-refractivity contribution is 5.91. The van der Waals surface area contributed by atoms with E-state index in [1.807, 2.05) is 11.9 Å². The number of hydrogen-bond donors (Lipinski definition) is 2. The second-order valence-corrected chi connectivity index (χ2v) is 6.66. The van der Waals surface area contributed by atoms with Crippen LogP contribution in [-0.2, 0) is 0 Å². The quantitative estimate of drug-likeness (QED) is 0.836. The van der Waals surface area contributed by atoms with Gasteiger partial charge in [0.15, 0.2) is 11.6 Å². The van der Waals surface area contributed by atoms with Gasteiger partial charge in [0.1, 0.15) is 17.8 Å². The van der Waals surface area contributed by atoms with E-state index in [9.17, 15) is 18.4 Å². The highest BCUT2D eigenvalue weighted by Gasteiger charge is 2.34. The molecule has 0 aliphatic carbocycles. The van der Waals surface area contributed by atoms with Gasteiger partial charge >= 0.3 is 5.69 Å².